The van der Waals surface area contributed by atoms with Gasteiger partial charge in [0.15, 0.2) is 0 Å². The van der Waals surface area contributed by atoms with Crippen molar-refractivity contribution < 1.29 is 0 Å². The maximum absolute atomic E-state index is 5.93. The first-order valence-corrected chi connectivity index (χ1v) is 6.38. The highest BCUT2D eigenvalue weighted by Gasteiger charge is 2.18. The third-order valence-electron chi connectivity index (χ3n) is 3.01. The number of benzene rings is 1. The van der Waals surface area contributed by atoms with Crippen molar-refractivity contribution in [2.75, 3.05) is 20.6 Å². The molecular weight excluding hydrogens is 230 g/mol. The Labute approximate surface area is 110 Å². The molecule has 0 aliphatic heterocycles. The minimum absolute atomic E-state index is 0.377. The van der Waals surface area contributed by atoms with Gasteiger partial charge in [-0.3, -0.25) is 0 Å². The Kier molecular flexibility index (Phi) is 5.23. The fourth-order valence-corrected chi connectivity index (χ4v) is 2.03. The SMILES string of the molecule is C=C(C(C)C)C(CN(C)C)c1ccc(Cl)cc1. The molecule has 1 atom stereocenters. The maximum Gasteiger partial charge on any atom is 0.0406 e. The highest BCUT2D eigenvalue weighted by molar-refractivity contribution is 6.30. The Balaban J connectivity index is 2.97. The first-order chi connectivity index (χ1) is 7.91. The van der Waals surface area contributed by atoms with Crippen LogP contribution < -0.4 is 0 Å². The van der Waals surface area contributed by atoms with Gasteiger partial charge in [0, 0.05) is 17.5 Å². The Morgan fingerprint density at radius 3 is 2.18 bits per heavy atom. The average Bonchev–Trinajstić information content (AvgIpc) is 2.26. The Morgan fingerprint density at radius 2 is 1.76 bits per heavy atom. The van der Waals surface area contributed by atoms with Gasteiger partial charge in [0.2, 0.25) is 0 Å². The zero-order valence-electron chi connectivity index (χ0n) is 11.2. The van der Waals surface area contributed by atoms with Crippen LogP contribution in [-0.2, 0) is 0 Å². The van der Waals surface area contributed by atoms with E-state index >= 15 is 0 Å². The van der Waals surface area contributed by atoms with E-state index in [0.717, 1.165) is 11.6 Å². The van der Waals surface area contributed by atoms with E-state index < -0.39 is 0 Å². The lowest BCUT2D eigenvalue weighted by molar-refractivity contribution is 0.382. The maximum atomic E-state index is 5.93. The van der Waals surface area contributed by atoms with Crippen LogP contribution in [-0.4, -0.2) is 25.5 Å². The second kappa shape index (κ2) is 6.23. The van der Waals surface area contributed by atoms with E-state index in [1.54, 1.807) is 0 Å². The quantitative estimate of drug-likeness (QED) is 0.709. The molecule has 0 spiro atoms. The Bertz CT molecular complexity index is 365. The molecule has 2 heteroatoms. The lowest BCUT2D eigenvalue weighted by atomic mass is 9.85. The molecule has 0 radical (unpaired) electrons. The minimum Gasteiger partial charge on any atom is -0.308 e. The summed E-state index contributed by atoms with van der Waals surface area (Å²) in [6, 6.07) is 8.11. The van der Waals surface area contributed by atoms with Crippen LogP contribution in [0.1, 0.15) is 25.3 Å². The molecule has 0 fully saturated rings. The van der Waals surface area contributed by atoms with E-state index in [1.807, 2.05) is 12.1 Å². The normalized spacial score (nSPS) is 13.1. The molecular formula is C15H22ClN. The number of hydrogen-bond acceptors (Lipinski definition) is 1. The van der Waals surface area contributed by atoms with E-state index in [0.29, 0.717) is 11.8 Å². The molecule has 0 amide bonds. The van der Waals surface area contributed by atoms with Gasteiger partial charge in [0.1, 0.15) is 0 Å². The van der Waals surface area contributed by atoms with E-state index in [1.165, 1.54) is 11.1 Å². The summed E-state index contributed by atoms with van der Waals surface area (Å²) >= 11 is 5.93. The smallest absolute Gasteiger partial charge is 0.0406 e. The lowest BCUT2D eigenvalue weighted by Crippen LogP contribution is -2.23. The highest BCUT2D eigenvalue weighted by Crippen LogP contribution is 2.29. The zero-order valence-corrected chi connectivity index (χ0v) is 12.0. The second-order valence-corrected chi connectivity index (χ2v) is 5.53. The first-order valence-electron chi connectivity index (χ1n) is 6.00. The van der Waals surface area contributed by atoms with Crippen LogP contribution in [0.2, 0.25) is 5.02 Å². The highest BCUT2D eigenvalue weighted by atomic mass is 35.5. The van der Waals surface area contributed by atoms with Crippen molar-refractivity contribution in [1.29, 1.82) is 0 Å². The molecule has 0 N–H and O–H groups in total. The molecule has 0 saturated heterocycles. The van der Waals surface area contributed by atoms with Crippen LogP contribution in [0.4, 0.5) is 0 Å². The molecule has 1 aromatic carbocycles. The van der Waals surface area contributed by atoms with Crippen LogP contribution in [0.5, 0.6) is 0 Å². The molecule has 1 aromatic rings. The first kappa shape index (κ1) is 14.3. The van der Waals surface area contributed by atoms with Crippen molar-refractivity contribution in [3.63, 3.8) is 0 Å². The van der Waals surface area contributed by atoms with Gasteiger partial charge in [-0.25, -0.2) is 0 Å². The van der Waals surface area contributed by atoms with Crippen molar-refractivity contribution in [3.05, 3.63) is 47.0 Å². The van der Waals surface area contributed by atoms with Crippen LogP contribution in [0.25, 0.3) is 0 Å². The summed E-state index contributed by atoms with van der Waals surface area (Å²) in [6.45, 7) is 9.62. The monoisotopic (exact) mass is 251 g/mol. The fraction of sp³-hybridized carbons (Fsp3) is 0.467. The number of nitrogens with zero attached hydrogens (tertiary/aromatic N) is 1. The summed E-state index contributed by atoms with van der Waals surface area (Å²) in [5.74, 6) is 0.873. The predicted molar refractivity (Wildman–Crippen MR) is 76.7 cm³/mol. The lowest BCUT2D eigenvalue weighted by Gasteiger charge is -2.26. The number of rotatable bonds is 5. The molecule has 0 aliphatic rings. The Morgan fingerprint density at radius 1 is 1.24 bits per heavy atom. The molecule has 1 unspecified atom stereocenters. The Hall–Kier alpha value is -0.790. The molecule has 0 saturated carbocycles. The fourth-order valence-electron chi connectivity index (χ4n) is 1.90. The van der Waals surface area contributed by atoms with Crippen molar-refractivity contribution in [2.24, 2.45) is 5.92 Å². The number of halogens is 1. The van der Waals surface area contributed by atoms with Gasteiger partial charge in [-0.05, 0) is 37.7 Å². The van der Waals surface area contributed by atoms with E-state index in [-0.39, 0.29) is 0 Å². The van der Waals surface area contributed by atoms with Gasteiger partial charge < -0.3 is 4.90 Å². The summed E-state index contributed by atoms with van der Waals surface area (Å²) in [5, 5.41) is 0.785. The molecule has 0 aliphatic carbocycles. The topological polar surface area (TPSA) is 3.24 Å². The van der Waals surface area contributed by atoms with Crippen LogP contribution >= 0.6 is 11.6 Å². The standard InChI is InChI=1S/C15H22ClN/c1-11(2)12(3)15(10-17(4)5)13-6-8-14(16)9-7-13/h6-9,11,15H,3,10H2,1-2,4-5H3. The molecule has 94 valence electrons. The van der Waals surface area contributed by atoms with Gasteiger partial charge in [0.05, 0.1) is 0 Å². The van der Waals surface area contributed by atoms with Crippen molar-refractivity contribution in [3.8, 4) is 0 Å². The zero-order chi connectivity index (χ0) is 13.0. The van der Waals surface area contributed by atoms with Crippen molar-refractivity contribution in [1.82, 2.24) is 4.90 Å². The molecule has 1 nitrogen and oxygen atoms in total. The largest absolute Gasteiger partial charge is 0.308 e. The molecule has 0 bridgehead atoms. The number of hydrogen-bond donors (Lipinski definition) is 0. The third-order valence-corrected chi connectivity index (χ3v) is 3.26. The number of likely N-dealkylation sites (N-methyl/N-ethyl adjacent to an activating group) is 1. The minimum atomic E-state index is 0.377. The molecule has 0 aromatic heterocycles. The van der Waals surface area contributed by atoms with Gasteiger partial charge in [-0.2, -0.15) is 0 Å². The summed E-state index contributed by atoms with van der Waals surface area (Å²) < 4.78 is 0. The molecule has 1 rings (SSSR count). The summed E-state index contributed by atoms with van der Waals surface area (Å²) in [7, 11) is 4.19. The second-order valence-electron chi connectivity index (χ2n) is 5.10. The van der Waals surface area contributed by atoms with E-state index in [2.05, 4.69) is 51.6 Å². The van der Waals surface area contributed by atoms with Crippen LogP contribution in [0.3, 0.4) is 0 Å². The van der Waals surface area contributed by atoms with Gasteiger partial charge in [-0.15, -0.1) is 0 Å². The summed E-state index contributed by atoms with van der Waals surface area (Å²) in [5.41, 5.74) is 2.57. The predicted octanol–water partition coefficient (Wildman–Crippen LogP) is 4.20. The van der Waals surface area contributed by atoms with Crippen molar-refractivity contribution >= 4 is 11.6 Å². The summed E-state index contributed by atoms with van der Waals surface area (Å²) in [6.07, 6.45) is 0. The summed E-state index contributed by atoms with van der Waals surface area (Å²) in [4.78, 5) is 2.20. The van der Waals surface area contributed by atoms with E-state index in [9.17, 15) is 0 Å². The van der Waals surface area contributed by atoms with E-state index in [4.69, 9.17) is 11.6 Å². The van der Waals surface area contributed by atoms with Gasteiger partial charge in [0.25, 0.3) is 0 Å². The van der Waals surface area contributed by atoms with Crippen molar-refractivity contribution in [2.45, 2.75) is 19.8 Å². The average molecular weight is 252 g/mol. The van der Waals surface area contributed by atoms with Crippen LogP contribution in [0.15, 0.2) is 36.4 Å². The molecule has 0 heterocycles. The van der Waals surface area contributed by atoms with Gasteiger partial charge >= 0.3 is 0 Å². The molecule has 17 heavy (non-hydrogen) atoms. The van der Waals surface area contributed by atoms with Gasteiger partial charge in [-0.1, -0.05) is 49.7 Å². The van der Waals surface area contributed by atoms with Crippen LogP contribution in [0, 0.1) is 5.92 Å². The third kappa shape index (κ3) is 4.18.